The number of Topliss-reactive ketones (excluding diaryl/α,β-unsaturated/α-hetero) is 1. The molecule has 0 aliphatic heterocycles. The third-order valence-corrected chi connectivity index (χ3v) is 4.62. The first-order valence-corrected chi connectivity index (χ1v) is 6.79. The summed E-state index contributed by atoms with van der Waals surface area (Å²) < 4.78 is 5.30. The van der Waals surface area contributed by atoms with E-state index in [9.17, 15) is 4.79 Å². The summed E-state index contributed by atoms with van der Waals surface area (Å²) in [4.78, 5) is 12.5. The third kappa shape index (κ3) is 1.84. The Morgan fingerprint density at radius 3 is 2.39 bits per heavy atom. The molecular weight excluding hydrogens is 224 g/mol. The molecule has 18 heavy (non-hydrogen) atoms. The number of fused-ring (bicyclic) bond motifs is 1. The predicted octanol–water partition coefficient (Wildman–Crippen LogP) is 3.54. The van der Waals surface area contributed by atoms with Gasteiger partial charge in [0.25, 0.3) is 0 Å². The molecule has 3 rings (SSSR count). The van der Waals surface area contributed by atoms with Gasteiger partial charge in [0.15, 0.2) is 5.78 Å². The number of rotatable bonds is 3. The summed E-state index contributed by atoms with van der Waals surface area (Å²) in [6.45, 7) is 4.01. The van der Waals surface area contributed by atoms with Crippen molar-refractivity contribution in [2.24, 2.45) is 17.8 Å². The third-order valence-electron chi connectivity index (χ3n) is 4.62. The Kier molecular flexibility index (Phi) is 2.69. The molecule has 2 heteroatoms. The molecule has 0 amide bonds. The summed E-state index contributed by atoms with van der Waals surface area (Å²) in [5.41, 5.74) is 3.00. The van der Waals surface area contributed by atoms with Gasteiger partial charge in [0.1, 0.15) is 5.75 Å². The van der Waals surface area contributed by atoms with Crippen molar-refractivity contribution in [1.82, 2.24) is 0 Å². The zero-order valence-electron chi connectivity index (χ0n) is 11.3. The van der Waals surface area contributed by atoms with E-state index < -0.39 is 0 Å². The fraction of sp³-hybridized carbons (Fsp3) is 0.562. The SMILES string of the molecule is COc1cc(C)c(C(=O)C2CC3CC3C2)cc1C. The topological polar surface area (TPSA) is 26.3 Å². The van der Waals surface area contributed by atoms with Crippen molar-refractivity contribution in [2.75, 3.05) is 7.11 Å². The van der Waals surface area contributed by atoms with Crippen molar-refractivity contribution in [2.45, 2.75) is 33.1 Å². The average Bonchev–Trinajstić information content (AvgIpc) is 2.97. The summed E-state index contributed by atoms with van der Waals surface area (Å²) in [6, 6.07) is 3.98. The van der Waals surface area contributed by atoms with E-state index in [1.165, 1.54) is 6.42 Å². The molecule has 96 valence electrons. The van der Waals surface area contributed by atoms with Crippen LogP contribution in [-0.4, -0.2) is 12.9 Å². The minimum absolute atomic E-state index is 0.278. The maximum Gasteiger partial charge on any atom is 0.166 e. The maximum absolute atomic E-state index is 12.5. The van der Waals surface area contributed by atoms with E-state index >= 15 is 0 Å². The zero-order chi connectivity index (χ0) is 12.9. The molecular formula is C16H20O2. The van der Waals surface area contributed by atoms with Crippen molar-refractivity contribution in [3.63, 3.8) is 0 Å². The normalized spacial score (nSPS) is 28.9. The number of methoxy groups -OCH3 is 1. The number of ketones is 1. The van der Waals surface area contributed by atoms with Crippen LogP contribution in [0.5, 0.6) is 5.75 Å². The molecule has 2 nitrogen and oxygen atoms in total. The lowest BCUT2D eigenvalue weighted by Crippen LogP contribution is -2.14. The van der Waals surface area contributed by atoms with Crippen LogP contribution in [0.3, 0.4) is 0 Å². The van der Waals surface area contributed by atoms with Gasteiger partial charge in [0.2, 0.25) is 0 Å². The zero-order valence-corrected chi connectivity index (χ0v) is 11.3. The summed E-state index contributed by atoms with van der Waals surface area (Å²) in [5, 5.41) is 0. The highest BCUT2D eigenvalue weighted by Gasteiger charge is 2.48. The fourth-order valence-corrected chi connectivity index (χ4v) is 3.42. The quantitative estimate of drug-likeness (QED) is 0.760. The number of benzene rings is 1. The summed E-state index contributed by atoms with van der Waals surface area (Å²) in [6.07, 6.45) is 3.60. The van der Waals surface area contributed by atoms with Crippen LogP contribution in [0.4, 0.5) is 0 Å². The second kappa shape index (κ2) is 4.11. The van der Waals surface area contributed by atoms with Crippen molar-refractivity contribution in [3.05, 3.63) is 28.8 Å². The Balaban J connectivity index is 1.87. The Labute approximate surface area is 108 Å². The Bertz CT molecular complexity index is 494. The van der Waals surface area contributed by atoms with E-state index in [1.807, 2.05) is 26.0 Å². The first-order chi connectivity index (χ1) is 8.60. The van der Waals surface area contributed by atoms with Gasteiger partial charge in [0.05, 0.1) is 7.11 Å². The van der Waals surface area contributed by atoms with Crippen molar-refractivity contribution >= 4 is 5.78 Å². The molecule has 0 radical (unpaired) electrons. The first-order valence-electron chi connectivity index (χ1n) is 6.79. The highest BCUT2D eigenvalue weighted by Crippen LogP contribution is 2.55. The standard InChI is InChI=1S/C16H20O2/c1-9-5-15(18-3)10(2)4-14(9)16(17)13-7-11-6-12(11)8-13/h4-5,11-13H,6-8H2,1-3H3. The van der Waals surface area contributed by atoms with Gasteiger partial charge in [-0.15, -0.1) is 0 Å². The number of ether oxygens (including phenoxy) is 1. The number of carbonyl (C=O) groups is 1. The van der Waals surface area contributed by atoms with Gasteiger partial charge in [-0.2, -0.15) is 0 Å². The molecule has 0 spiro atoms. The van der Waals surface area contributed by atoms with E-state index in [-0.39, 0.29) is 5.92 Å². The second-order valence-electron chi connectivity index (χ2n) is 5.93. The Morgan fingerprint density at radius 2 is 1.78 bits per heavy atom. The summed E-state index contributed by atoms with van der Waals surface area (Å²) in [5.74, 6) is 3.22. The monoisotopic (exact) mass is 244 g/mol. The van der Waals surface area contributed by atoms with Crippen LogP contribution in [0.15, 0.2) is 12.1 Å². The smallest absolute Gasteiger partial charge is 0.166 e. The van der Waals surface area contributed by atoms with E-state index in [4.69, 9.17) is 4.74 Å². The van der Waals surface area contributed by atoms with Crippen molar-refractivity contribution in [3.8, 4) is 5.75 Å². The average molecular weight is 244 g/mol. The number of carbonyl (C=O) groups excluding carboxylic acids is 1. The molecule has 2 aliphatic carbocycles. The maximum atomic E-state index is 12.5. The molecule has 2 saturated carbocycles. The molecule has 1 aromatic rings. The van der Waals surface area contributed by atoms with Gasteiger partial charge < -0.3 is 4.74 Å². The van der Waals surface area contributed by atoms with E-state index in [1.54, 1.807) is 7.11 Å². The van der Waals surface area contributed by atoms with Crippen LogP contribution >= 0.6 is 0 Å². The van der Waals surface area contributed by atoms with Gasteiger partial charge in [-0.3, -0.25) is 4.79 Å². The van der Waals surface area contributed by atoms with Gasteiger partial charge in [-0.25, -0.2) is 0 Å². The van der Waals surface area contributed by atoms with Crippen LogP contribution in [0.25, 0.3) is 0 Å². The van der Waals surface area contributed by atoms with Gasteiger partial charge in [0, 0.05) is 11.5 Å². The van der Waals surface area contributed by atoms with Crippen LogP contribution in [0.2, 0.25) is 0 Å². The Morgan fingerprint density at radius 1 is 1.11 bits per heavy atom. The molecule has 1 aromatic carbocycles. The van der Waals surface area contributed by atoms with Gasteiger partial charge >= 0.3 is 0 Å². The molecule has 2 atom stereocenters. The van der Waals surface area contributed by atoms with E-state index in [0.717, 1.165) is 47.1 Å². The number of aryl methyl sites for hydroxylation is 2. The van der Waals surface area contributed by atoms with E-state index in [0.29, 0.717) is 5.78 Å². The number of hydrogen-bond acceptors (Lipinski definition) is 2. The van der Waals surface area contributed by atoms with Crippen LogP contribution in [0.1, 0.15) is 40.7 Å². The highest BCUT2D eigenvalue weighted by atomic mass is 16.5. The lowest BCUT2D eigenvalue weighted by molar-refractivity contribution is 0.0913. The molecule has 0 saturated heterocycles. The minimum atomic E-state index is 0.278. The second-order valence-corrected chi connectivity index (χ2v) is 5.93. The van der Waals surface area contributed by atoms with Gasteiger partial charge in [-0.1, -0.05) is 0 Å². The Hall–Kier alpha value is -1.31. The number of hydrogen-bond donors (Lipinski definition) is 0. The van der Waals surface area contributed by atoms with Crippen LogP contribution < -0.4 is 4.74 Å². The minimum Gasteiger partial charge on any atom is -0.496 e. The lowest BCUT2D eigenvalue weighted by Gasteiger charge is -2.15. The van der Waals surface area contributed by atoms with Crippen molar-refractivity contribution in [1.29, 1.82) is 0 Å². The van der Waals surface area contributed by atoms with Crippen LogP contribution in [-0.2, 0) is 0 Å². The fourth-order valence-electron chi connectivity index (χ4n) is 3.42. The van der Waals surface area contributed by atoms with Crippen LogP contribution in [0, 0.1) is 31.6 Å². The largest absolute Gasteiger partial charge is 0.496 e. The molecule has 0 heterocycles. The van der Waals surface area contributed by atoms with E-state index in [2.05, 4.69) is 0 Å². The molecule has 0 bridgehead atoms. The molecule has 0 N–H and O–H groups in total. The van der Waals surface area contributed by atoms with Gasteiger partial charge in [-0.05, 0) is 68.2 Å². The lowest BCUT2D eigenvalue weighted by atomic mass is 9.90. The molecule has 2 fully saturated rings. The molecule has 0 aromatic heterocycles. The predicted molar refractivity (Wildman–Crippen MR) is 71.1 cm³/mol. The first kappa shape index (κ1) is 11.8. The van der Waals surface area contributed by atoms with Crippen molar-refractivity contribution < 1.29 is 9.53 Å². The molecule has 2 aliphatic rings. The highest BCUT2D eigenvalue weighted by molar-refractivity contribution is 5.99. The summed E-state index contributed by atoms with van der Waals surface area (Å²) in [7, 11) is 1.67. The summed E-state index contributed by atoms with van der Waals surface area (Å²) >= 11 is 0. The molecule has 2 unspecified atom stereocenters.